The van der Waals surface area contributed by atoms with Gasteiger partial charge in [-0.2, -0.15) is 18.3 Å². The summed E-state index contributed by atoms with van der Waals surface area (Å²) in [4.78, 5) is 24.1. The van der Waals surface area contributed by atoms with Crippen molar-refractivity contribution < 1.29 is 32.2 Å². The average molecular weight is 578 g/mol. The zero-order chi connectivity index (χ0) is 27.0. The molecule has 0 fully saturated rings. The number of alkyl halides is 3. The number of hydrazone groups is 1. The van der Waals surface area contributed by atoms with Crippen molar-refractivity contribution in [1.29, 1.82) is 0 Å². The fourth-order valence-corrected chi connectivity index (χ4v) is 3.77. The van der Waals surface area contributed by atoms with E-state index in [9.17, 15) is 22.8 Å². The lowest BCUT2D eigenvalue weighted by Gasteiger charge is -2.15. The van der Waals surface area contributed by atoms with E-state index in [0.717, 1.165) is 29.3 Å². The van der Waals surface area contributed by atoms with Gasteiger partial charge in [-0.05, 0) is 71.2 Å². The molecule has 0 aliphatic carbocycles. The highest BCUT2D eigenvalue weighted by molar-refractivity contribution is 9.10. The average Bonchev–Trinajstić information content (AvgIpc) is 2.83. The van der Waals surface area contributed by atoms with Crippen molar-refractivity contribution in [3.63, 3.8) is 0 Å². The topological polar surface area (TPSA) is 89.0 Å². The summed E-state index contributed by atoms with van der Waals surface area (Å²) in [7, 11) is 0. The summed E-state index contributed by atoms with van der Waals surface area (Å²) in [6.45, 7) is 4.51. The van der Waals surface area contributed by atoms with Gasteiger partial charge in [0.05, 0.1) is 22.9 Å². The number of hydrogen-bond acceptors (Lipinski definition) is 5. The van der Waals surface area contributed by atoms with Crippen molar-refractivity contribution in [2.75, 3.05) is 11.9 Å². The molecule has 0 aliphatic heterocycles. The maximum absolute atomic E-state index is 12.8. The number of anilines is 1. The number of rotatable bonds is 8. The van der Waals surface area contributed by atoms with Crippen molar-refractivity contribution in [2.45, 2.75) is 26.6 Å². The summed E-state index contributed by atoms with van der Waals surface area (Å²) < 4.78 is 50.7. The first-order chi connectivity index (χ1) is 17.6. The number of nitrogens with one attached hydrogen (secondary N) is 2. The summed E-state index contributed by atoms with van der Waals surface area (Å²) in [5, 5.41) is 5.86. The molecule has 3 rings (SSSR count). The molecule has 3 aromatic carbocycles. The molecule has 0 heterocycles. The van der Waals surface area contributed by atoms with Crippen LogP contribution in [-0.2, 0) is 22.4 Å². The fraction of sp³-hybridized carbons (Fsp3) is 0.192. The molecule has 194 valence electrons. The third-order valence-corrected chi connectivity index (χ3v) is 5.42. The van der Waals surface area contributed by atoms with Crippen LogP contribution >= 0.6 is 15.9 Å². The van der Waals surface area contributed by atoms with E-state index in [-0.39, 0.29) is 5.69 Å². The molecule has 0 radical (unpaired) electrons. The lowest BCUT2D eigenvalue weighted by molar-refractivity contribution is -0.137. The van der Waals surface area contributed by atoms with Gasteiger partial charge in [0.25, 0.3) is 0 Å². The van der Waals surface area contributed by atoms with Gasteiger partial charge in [0, 0.05) is 5.69 Å². The van der Waals surface area contributed by atoms with Crippen molar-refractivity contribution in [1.82, 2.24) is 5.43 Å². The van der Waals surface area contributed by atoms with Gasteiger partial charge < -0.3 is 14.8 Å². The van der Waals surface area contributed by atoms with Gasteiger partial charge in [-0.25, -0.2) is 5.43 Å². The summed E-state index contributed by atoms with van der Waals surface area (Å²) >= 11 is 3.46. The van der Waals surface area contributed by atoms with Crippen LogP contribution < -0.4 is 20.2 Å². The molecule has 2 N–H and O–H groups in total. The fourth-order valence-electron chi connectivity index (χ4n) is 3.20. The maximum Gasteiger partial charge on any atom is 0.416 e. The van der Waals surface area contributed by atoms with Crippen LogP contribution in [0.1, 0.15) is 29.2 Å². The van der Waals surface area contributed by atoms with Crippen molar-refractivity contribution in [2.24, 2.45) is 5.10 Å². The van der Waals surface area contributed by atoms with Gasteiger partial charge in [-0.15, -0.1) is 0 Å². The number of benzene rings is 3. The Bertz CT molecular complexity index is 1310. The molecule has 11 heteroatoms. The normalized spacial score (nSPS) is 11.3. The van der Waals surface area contributed by atoms with Gasteiger partial charge in [-0.3, -0.25) is 9.59 Å². The molecule has 2 amide bonds. The Morgan fingerprint density at radius 2 is 1.78 bits per heavy atom. The minimum absolute atomic E-state index is 0.175. The molecule has 0 aromatic heterocycles. The van der Waals surface area contributed by atoms with E-state index in [1.807, 2.05) is 43.5 Å². The number of carbonyl (C=O) groups excluding carboxylic acids is 2. The van der Waals surface area contributed by atoms with Crippen LogP contribution in [0.4, 0.5) is 18.9 Å². The van der Waals surface area contributed by atoms with E-state index in [4.69, 9.17) is 9.47 Å². The largest absolute Gasteiger partial charge is 0.490 e. The SMILES string of the molecule is CCOc1cc(/C=N/NC(=O)C(=O)Nc2cccc(C(F)(F)F)c2)cc(Br)c1OCc1cccc(C)c1. The first-order valence-electron chi connectivity index (χ1n) is 11.0. The van der Waals surface area contributed by atoms with E-state index < -0.39 is 23.6 Å². The second kappa shape index (κ2) is 12.4. The first kappa shape index (κ1) is 27.7. The van der Waals surface area contributed by atoms with Crippen LogP contribution in [0, 0.1) is 6.92 Å². The first-order valence-corrected chi connectivity index (χ1v) is 11.8. The molecule has 0 saturated heterocycles. The van der Waals surface area contributed by atoms with Crippen LogP contribution in [0.25, 0.3) is 0 Å². The lowest BCUT2D eigenvalue weighted by Crippen LogP contribution is -2.32. The number of amides is 2. The number of halogens is 4. The van der Waals surface area contributed by atoms with Crippen molar-refractivity contribution in [3.8, 4) is 11.5 Å². The molecule has 0 aliphatic rings. The highest BCUT2D eigenvalue weighted by Crippen LogP contribution is 2.37. The highest BCUT2D eigenvalue weighted by Gasteiger charge is 2.30. The van der Waals surface area contributed by atoms with Crippen LogP contribution in [0.3, 0.4) is 0 Å². The number of carbonyl (C=O) groups is 2. The zero-order valence-corrected chi connectivity index (χ0v) is 21.4. The van der Waals surface area contributed by atoms with Gasteiger partial charge in [0.1, 0.15) is 6.61 Å². The smallest absolute Gasteiger partial charge is 0.416 e. The predicted molar refractivity (Wildman–Crippen MR) is 137 cm³/mol. The molecule has 37 heavy (non-hydrogen) atoms. The third kappa shape index (κ3) is 8.07. The monoisotopic (exact) mass is 577 g/mol. The summed E-state index contributed by atoms with van der Waals surface area (Å²) in [5.74, 6) is -1.40. The Labute approximate surface area is 219 Å². The Hall–Kier alpha value is -3.86. The molecule has 0 atom stereocenters. The second-order valence-corrected chi connectivity index (χ2v) is 8.63. The number of ether oxygens (including phenoxy) is 2. The van der Waals surface area contributed by atoms with Gasteiger partial charge in [0.2, 0.25) is 0 Å². The molecular formula is C26H23BrF3N3O4. The summed E-state index contributed by atoms with van der Waals surface area (Å²) in [6, 6.07) is 15.2. The van der Waals surface area contributed by atoms with E-state index in [2.05, 4.69) is 26.3 Å². The number of aryl methyl sites for hydroxylation is 1. The van der Waals surface area contributed by atoms with Crippen molar-refractivity contribution >= 4 is 39.6 Å². The molecule has 0 unspecified atom stereocenters. The Morgan fingerprint density at radius 1 is 1.03 bits per heavy atom. The van der Waals surface area contributed by atoms with Gasteiger partial charge in [-0.1, -0.05) is 35.9 Å². The summed E-state index contributed by atoms with van der Waals surface area (Å²) in [5.41, 5.74) is 3.54. The Kier molecular flexibility index (Phi) is 9.29. The van der Waals surface area contributed by atoms with Gasteiger partial charge in [0.15, 0.2) is 11.5 Å². The highest BCUT2D eigenvalue weighted by atomic mass is 79.9. The molecule has 0 spiro atoms. The zero-order valence-electron chi connectivity index (χ0n) is 19.9. The van der Waals surface area contributed by atoms with Crippen LogP contribution in [0.2, 0.25) is 0 Å². The van der Waals surface area contributed by atoms with Crippen LogP contribution in [-0.4, -0.2) is 24.6 Å². The van der Waals surface area contributed by atoms with Crippen LogP contribution in [0.15, 0.2) is 70.2 Å². The van der Waals surface area contributed by atoms with Gasteiger partial charge >= 0.3 is 18.0 Å². The quantitative estimate of drug-likeness (QED) is 0.200. The summed E-state index contributed by atoms with van der Waals surface area (Å²) in [6.07, 6.45) is -3.30. The molecular weight excluding hydrogens is 555 g/mol. The number of hydrogen-bond donors (Lipinski definition) is 2. The molecule has 0 saturated carbocycles. The van der Waals surface area contributed by atoms with Crippen molar-refractivity contribution in [3.05, 3.63) is 87.4 Å². The maximum atomic E-state index is 12.8. The third-order valence-electron chi connectivity index (χ3n) is 4.83. The predicted octanol–water partition coefficient (Wildman–Crippen LogP) is 5.84. The molecule has 0 bridgehead atoms. The van der Waals surface area contributed by atoms with E-state index in [0.29, 0.717) is 34.7 Å². The molecule has 7 nitrogen and oxygen atoms in total. The minimum atomic E-state index is -4.58. The minimum Gasteiger partial charge on any atom is -0.490 e. The molecule has 3 aromatic rings. The Morgan fingerprint density at radius 3 is 2.49 bits per heavy atom. The van der Waals surface area contributed by atoms with E-state index >= 15 is 0 Å². The second-order valence-electron chi connectivity index (χ2n) is 7.77. The standard InChI is InChI=1S/C26H23BrF3N3O4/c1-3-36-22-12-18(11-21(27)23(22)37-15-17-7-4-6-16(2)10-17)14-31-33-25(35)24(34)32-20-9-5-8-19(13-20)26(28,29)30/h4-14H,3,15H2,1-2H3,(H,32,34)(H,33,35)/b31-14+. The van der Waals surface area contributed by atoms with Crippen LogP contribution in [0.5, 0.6) is 11.5 Å². The van der Waals surface area contributed by atoms with E-state index in [1.54, 1.807) is 12.1 Å². The Balaban J connectivity index is 1.65. The lowest BCUT2D eigenvalue weighted by atomic mass is 10.1. The number of nitrogens with zero attached hydrogens (tertiary/aromatic N) is 1. The van der Waals surface area contributed by atoms with E-state index in [1.165, 1.54) is 12.3 Å².